The molecular weight excluding hydrogens is 358 g/mol. The van der Waals surface area contributed by atoms with Crippen LogP contribution in [0.2, 0.25) is 5.02 Å². The molecule has 1 aliphatic heterocycles. The lowest BCUT2D eigenvalue weighted by molar-refractivity contribution is -0.149. The van der Waals surface area contributed by atoms with Crippen molar-refractivity contribution >= 4 is 33.6 Å². The molecule has 1 aromatic rings. The van der Waals surface area contributed by atoms with Gasteiger partial charge in [0.1, 0.15) is 4.90 Å². The maximum absolute atomic E-state index is 12.6. The number of methoxy groups -OCH3 is 1. The Labute approximate surface area is 145 Å². The second-order valence-corrected chi connectivity index (χ2v) is 7.64. The lowest BCUT2D eigenvalue weighted by Crippen LogP contribution is -2.28. The quantitative estimate of drug-likeness (QED) is 0.729. The van der Waals surface area contributed by atoms with Gasteiger partial charge in [0.05, 0.1) is 17.7 Å². The lowest BCUT2D eigenvalue weighted by Gasteiger charge is -2.17. The van der Waals surface area contributed by atoms with Crippen LogP contribution in [-0.4, -0.2) is 51.0 Å². The molecule has 7 nitrogen and oxygen atoms in total. The normalized spacial score (nSPS) is 16.6. The minimum atomic E-state index is -3.77. The van der Waals surface area contributed by atoms with Gasteiger partial charge in [-0.1, -0.05) is 11.6 Å². The molecule has 1 fully saturated rings. The highest BCUT2D eigenvalue weighted by atomic mass is 35.5. The molecule has 1 saturated heterocycles. The van der Waals surface area contributed by atoms with Gasteiger partial charge in [-0.15, -0.1) is 0 Å². The van der Waals surface area contributed by atoms with Crippen LogP contribution in [0.5, 0.6) is 0 Å². The van der Waals surface area contributed by atoms with Crippen molar-refractivity contribution in [3.63, 3.8) is 0 Å². The van der Waals surface area contributed by atoms with E-state index in [9.17, 15) is 18.0 Å². The monoisotopic (exact) mass is 375 g/mol. The minimum Gasteiger partial charge on any atom is -0.466 e. The van der Waals surface area contributed by atoms with E-state index in [1.165, 1.54) is 36.5 Å². The Morgan fingerprint density at radius 2 is 1.88 bits per heavy atom. The summed E-state index contributed by atoms with van der Waals surface area (Å²) in [5.41, 5.74) is -0.00655. The fourth-order valence-electron chi connectivity index (χ4n) is 2.34. The van der Waals surface area contributed by atoms with E-state index in [2.05, 4.69) is 4.74 Å². The molecule has 2 rings (SSSR count). The summed E-state index contributed by atoms with van der Waals surface area (Å²) in [7, 11) is -2.60. The molecule has 0 amide bonds. The van der Waals surface area contributed by atoms with E-state index in [1.807, 2.05) is 0 Å². The molecule has 1 aromatic carbocycles. The van der Waals surface area contributed by atoms with Crippen LogP contribution in [0.4, 0.5) is 0 Å². The van der Waals surface area contributed by atoms with Gasteiger partial charge in [0.15, 0.2) is 6.10 Å². The molecule has 0 spiro atoms. The van der Waals surface area contributed by atoms with E-state index in [0.29, 0.717) is 13.1 Å². The molecule has 24 heavy (non-hydrogen) atoms. The van der Waals surface area contributed by atoms with Crippen LogP contribution >= 0.6 is 11.6 Å². The number of halogens is 1. The van der Waals surface area contributed by atoms with Gasteiger partial charge in [-0.2, -0.15) is 4.31 Å². The summed E-state index contributed by atoms with van der Waals surface area (Å²) in [6.07, 6.45) is 0.474. The van der Waals surface area contributed by atoms with Crippen LogP contribution in [0.3, 0.4) is 0 Å². The Morgan fingerprint density at radius 3 is 2.46 bits per heavy atom. The first-order valence-corrected chi connectivity index (χ1v) is 9.17. The van der Waals surface area contributed by atoms with Crippen molar-refractivity contribution in [2.24, 2.45) is 0 Å². The second kappa shape index (κ2) is 7.50. The SMILES string of the molecule is COC(=O)[C@H](C)OC(=O)c1ccc(Cl)c(S(=O)(=O)N2CCCC2)c1. The van der Waals surface area contributed by atoms with Gasteiger partial charge in [0, 0.05) is 13.1 Å². The summed E-state index contributed by atoms with van der Waals surface area (Å²) in [6.45, 7) is 2.21. The summed E-state index contributed by atoms with van der Waals surface area (Å²) in [5.74, 6) is -1.54. The summed E-state index contributed by atoms with van der Waals surface area (Å²) >= 11 is 6.01. The van der Waals surface area contributed by atoms with Crippen LogP contribution in [0, 0.1) is 0 Å². The zero-order valence-corrected chi connectivity index (χ0v) is 14.9. The highest BCUT2D eigenvalue weighted by Crippen LogP contribution is 2.28. The standard InChI is InChI=1S/C15H18ClNO6S/c1-10(14(18)22-2)23-15(19)11-5-6-12(16)13(9-11)24(20,21)17-7-3-4-8-17/h5-6,9-10H,3-4,7-8H2,1-2H3/t10-/m0/s1. The van der Waals surface area contributed by atoms with E-state index in [0.717, 1.165) is 12.8 Å². The van der Waals surface area contributed by atoms with Gasteiger partial charge >= 0.3 is 11.9 Å². The molecule has 0 saturated carbocycles. The molecule has 0 aliphatic carbocycles. The zero-order chi connectivity index (χ0) is 17.9. The van der Waals surface area contributed by atoms with Crippen molar-refractivity contribution in [3.05, 3.63) is 28.8 Å². The third-order valence-electron chi connectivity index (χ3n) is 3.67. The number of hydrogen-bond donors (Lipinski definition) is 0. The van der Waals surface area contributed by atoms with Crippen LogP contribution < -0.4 is 0 Å². The predicted molar refractivity (Wildman–Crippen MR) is 86.3 cm³/mol. The molecule has 1 heterocycles. The second-order valence-electron chi connectivity index (χ2n) is 5.33. The molecular formula is C15H18ClNO6S. The Bertz CT molecular complexity index is 742. The maximum Gasteiger partial charge on any atom is 0.346 e. The number of esters is 2. The number of hydrogen-bond acceptors (Lipinski definition) is 6. The maximum atomic E-state index is 12.6. The number of benzene rings is 1. The van der Waals surface area contributed by atoms with Crippen LogP contribution in [0.15, 0.2) is 23.1 Å². The van der Waals surface area contributed by atoms with Crippen LogP contribution in [-0.2, 0) is 24.3 Å². The van der Waals surface area contributed by atoms with Crippen molar-refractivity contribution in [2.45, 2.75) is 30.8 Å². The van der Waals surface area contributed by atoms with Gasteiger partial charge in [0.25, 0.3) is 0 Å². The molecule has 0 radical (unpaired) electrons. The molecule has 1 atom stereocenters. The van der Waals surface area contributed by atoms with Crippen molar-refractivity contribution in [1.29, 1.82) is 0 Å². The smallest absolute Gasteiger partial charge is 0.346 e. The molecule has 0 bridgehead atoms. The number of carbonyl (C=O) groups excluding carboxylic acids is 2. The predicted octanol–water partition coefficient (Wildman–Crippen LogP) is 1.84. The number of ether oxygens (including phenoxy) is 2. The summed E-state index contributed by atoms with van der Waals surface area (Å²) in [5, 5.41) is 0.0273. The van der Waals surface area contributed by atoms with E-state index >= 15 is 0 Å². The van der Waals surface area contributed by atoms with Gasteiger partial charge in [-0.05, 0) is 38.0 Å². The van der Waals surface area contributed by atoms with Gasteiger partial charge < -0.3 is 9.47 Å². The number of nitrogens with zero attached hydrogens (tertiary/aromatic N) is 1. The van der Waals surface area contributed by atoms with Crippen molar-refractivity contribution < 1.29 is 27.5 Å². The molecule has 132 valence electrons. The van der Waals surface area contributed by atoms with Gasteiger partial charge in [-0.3, -0.25) is 0 Å². The summed E-state index contributed by atoms with van der Waals surface area (Å²) < 4.78 is 36.0. The summed E-state index contributed by atoms with van der Waals surface area (Å²) in [4.78, 5) is 23.3. The first-order chi connectivity index (χ1) is 11.3. The van der Waals surface area contributed by atoms with Crippen molar-refractivity contribution in [1.82, 2.24) is 4.31 Å². The Morgan fingerprint density at radius 1 is 1.25 bits per heavy atom. The largest absolute Gasteiger partial charge is 0.466 e. The van der Waals surface area contributed by atoms with Gasteiger partial charge in [-0.25, -0.2) is 18.0 Å². The number of carbonyl (C=O) groups is 2. The summed E-state index contributed by atoms with van der Waals surface area (Å²) in [6, 6.07) is 3.84. The highest BCUT2D eigenvalue weighted by Gasteiger charge is 2.30. The Kier molecular flexibility index (Phi) is 5.84. The molecule has 0 aromatic heterocycles. The molecule has 9 heteroatoms. The minimum absolute atomic E-state index is 0.00655. The number of rotatable bonds is 5. The van der Waals surface area contributed by atoms with E-state index in [4.69, 9.17) is 16.3 Å². The average molecular weight is 376 g/mol. The first-order valence-electron chi connectivity index (χ1n) is 7.36. The average Bonchev–Trinajstić information content (AvgIpc) is 3.09. The van der Waals surface area contributed by atoms with E-state index < -0.39 is 28.1 Å². The first kappa shape index (κ1) is 18.7. The third-order valence-corrected chi connectivity index (χ3v) is 6.05. The molecule has 0 unspecified atom stereocenters. The van der Waals surface area contributed by atoms with Gasteiger partial charge in [0.2, 0.25) is 10.0 Å². The number of sulfonamides is 1. The third kappa shape index (κ3) is 3.88. The van der Waals surface area contributed by atoms with Crippen LogP contribution in [0.1, 0.15) is 30.1 Å². The Hall–Kier alpha value is -1.64. The van der Waals surface area contributed by atoms with Crippen molar-refractivity contribution in [2.75, 3.05) is 20.2 Å². The van der Waals surface area contributed by atoms with Crippen LogP contribution in [0.25, 0.3) is 0 Å². The highest BCUT2D eigenvalue weighted by molar-refractivity contribution is 7.89. The van der Waals surface area contributed by atoms with E-state index in [-0.39, 0.29) is 15.5 Å². The van der Waals surface area contributed by atoms with E-state index in [1.54, 1.807) is 0 Å². The topological polar surface area (TPSA) is 90.0 Å². The Balaban J connectivity index is 2.28. The zero-order valence-electron chi connectivity index (χ0n) is 13.3. The fourth-order valence-corrected chi connectivity index (χ4v) is 4.36. The van der Waals surface area contributed by atoms with Crippen molar-refractivity contribution in [3.8, 4) is 0 Å². The fraction of sp³-hybridized carbons (Fsp3) is 0.467. The molecule has 1 aliphatic rings. The lowest BCUT2D eigenvalue weighted by atomic mass is 10.2. The molecule has 0 N–H and O–H groups in total.